The van der Waals surface area contributed by atoms with E-state index < -0.39 is 0 Å². The second-order valence-corrected chi connectivity index (χ2v) is 1.52. The molecule has 0 aliphatic carbocycles. The number of ether oxygens (including phenoxy) is 1. The van der Waals surface area contributed by atoms with Crippen LogP contribution in [0.15, 0.2) is 36.8 Å². The summed E-state index contributed by atoms with van der Waals surface area (Å²) in [5.74, 6) is 0.535. The first kappa shape index (κ1) is 7.82. The summed E-state index contributed by atoms with van der Waals surface area (Å²) in [5.41, 5.74) is 5.91. The average Bonchev–Trinajstić information content (AvgIpc) is 1.87. The van der Waals surface area contributed by atoms with Crippen LogP contribution in [0.2, 0.25) is 0 Å². The number of rotatable bonds is 3. The molecule has 9 heavy (non-hydrogen) atoms. The van der Waals surface area contributed by atoms with E-state index in [9.17, 15) is 0 Å². The van der Waals surface area contributed by atoms with Gasteiger partial charge in [-0.05, 0) is 6.08 Å². The van der Waals surface area contributed by atoms with Crippen LogP contribution in [0, 0.1) is 0 Å². The van der Waals surface area contributed by atoms with Crippen LogP contribution in [0.3, 0.4) is 0 Å². The van der Waals surface area contributed by atoms with Crippen molar-refractivity contribution in [2.24, 2.45) is 5.73 Å². The van der Waals surface area contributed by atoms with Gasteiger partial charge in [0.25, 0.3) is 0 Å². The molecule has 0 fully saturated rings. The van der Waals surface area contributed by atoms with E-state index in [0.717, 1.165) is 0 Å². The van der Waals surface area contributed by atoms with Gasteiger partial charge in [0.1, 0.15) is 5.76 Å². The second-order valence-electron chi connectivity index (χ2n) is 1.52. The Morgan fingerprint density at radius 1 is 1.67 bits per heavy atom. The number of allylic oxidation sites excluding steroid dienone is 2. The SMILES string of the molecule is C=C/C(N)=C\C(=C)OC. The maximum atomic E-state index is 5.35. The second kappa shape index (κ2) is 3.78. The van der Waals surface area contributed by atoms with E-state index in [1.165, 1.54) is 13.2 Å². The van der Waals surface area contributed by atoms with Crippen molar-refractivity contribution in [3.63, 3.8) is 0 Å². The van der Waals surface area contributed by atoms with Gasteiger partial charge in [0.05, 0.1) is 7.11 Å². The van der Waals surface area contributed by atoms with E-state index in [1.807, 2.05) is 0 Å². The monoisotopic (exact) mass is 125 g/mol. The fraction of sp³-hybridized carbons (Fsp3) is 0.143. The fourth-order valence-electron chi connectivity index (χ4n) is 0.304. The van der Waals surface area contributed by atoms with Crippen molar-refractivity contribution in [2.75, 3.05) is 7.11 Å². The first-order chi connectivity index (χ1) is 4.20. The third-order valence-electron chi connectivity index (χ3n) is 0.826. The predicted molar refractivity (Wildman–Crippen MR) is 38.6 cm³/mol. The average molecular weight is 125 g/mol. The molecular formula is C7H11NO. The number of methoxy groups -OCH3 is 1. The van der Waals surface area contributed by atoms with E-state index in [2.05, 4.69) is 13.2 Å². The third kappa shape index (κ3) is 3.41. The van der Waals surface area contributed by atoms with Crippen molar-refractivity contribution in [1.29, 1.82) is 0 Å². The fourth-order valence-corrected chi connectivity index (χ4v) is 0.304. The van der Waals surface area contributed by atoms with Gasteiger partial charge in [0.15, 0.2) is 0 Å². The molecule has 0 atom stereocenters. The molecule has 0 unspecified atom stereocenters. The number of hydrogen-bond donors (Lipinski definition) is 1. The van der Waals surface area contributed by atoms with Gasteiger partial charge in [0, 0.05) is 11.8 Å². The molecule has 0 saturated heterocycles. The van der Waals surface area contributed by atoms with Gasteiger partial charge in [-0.25, -0.2) is 0 Å². The molecule has 0 spiro atoms. The quantitative estimate of drug-likeness (QED) is 0.454. The third-order valence-corrected chi connectivity index (χ3v) is 0.826. The minimum Gasteiger partial charge on any atom is -0.497 e. The Morgan fingerprint density at radius 2 is 2.22 bits per heavy atom. The summed E-state index contributed by atoms with van der Waals surface area (Å²) in [6, 6.07) is 0. The van der Waals surface area contributed by atoms with Gasteiger partial charge in [-0.1, -0.05) is 13.2 Å². The molecule has 0 radical (unpaired) electrons. The zero-order valence-corrected chi connectivity index (χ0v) is 5.55. The normalized spacial score (nSPS) is 10.6. The van der Waals surface area contributed by atoms with Gasteiger partial charge in [-0.15, -0.1) is 0 Å². The van der Waals surface area contributed by atoms with E-state index in [0.29, 0.717) is 11.5 Å². The summed E-state index contributed by atoms with van der Waals surface area (Å²) in [4.78, 5) is 0. The first-order valence-electron chi connectivity index (χ1n) is 2.53. The van der Waals surface area contributed by atoms with Crippen LogP contribution in [0.5, 0.6) is 0 Å². The highest BCUT2D eigenvalue weighted by atomic mass is 16.5. The van der Waals surface area contributed by atoms with Gasteiger partial charge < -0.3 is 10.5 Å². The highest BCUT2D eigenvalue weighted by Crippen LogP contribution is 1.95. The summed E-state index contributed by atoms with van der Waals surface area (Å²) in [5, 5.41) is 0. The Kier molecular flexibility index (Phi) is 3.28. The van der Waals surface area contributed by atoms with Crippen LogP contribution in [-0.2, 0) is 4.74 Å². The van der Waals surface area contributed by atoms with Crippen LogP contribution in [-0.4, -0.2) is 7.11 Å². The molecule has 2 heteroatoms. The molecule has 0 heterocycles. The molecule has 0 aromatic heterocycles. The summed E-state index contributed by atoms with van der Waals surface area (Å²) < 4.78 is 4.72. The van der Waals surface area contributed by atoms with Crippen LogP contribution >= 0.6 is 0 Å². The van der Waals surface area contributed by atoms with Gasteiger partial charge in [-0.3, -0.25) is 0 Å². The van der Waals surface area contributed by atoms with Crippen molar-refractivity contribution < 1.29 is 4.74 Å². The minimum atomic E-state index is 0.535. The Hall–Kier alpha value is -1.18. The molecule has 0 aromatic carbocycles. The lowest BCUT2D eigenvalue weighted by atomic mass is 10.4. The van der Waals surface area contributed by atoms with Crippen LogP contribution in [0.25, 0.3) is 0 Å². The number of nitrogens with two attached hydrogens (primary N) is 1. The maximum absolute atomic E-state index is 5.35. The predicted octanol–water partition coefficient (Wildman–Crippen LogP) is 1.18. The van der Waals surface area contributed by atoms with Crippen molar-refractivity contribution in [2.45, 2.75) is 0 Å². The Morgan fingerprint density at radius 3 is 2.56 bits per heavy atom. The molecule has 50 valence electrons. The molecule has 0 aromatic rings. The zero-order chi connectivity index (χ0) is 7.28. The van der Waals surface area contributed by atoms with E-state index >= 15 is 0 Å². The molecule has 0 rings (SSSR count). The molecule has 0 amide bonds. The highest BCUT2D eigenvalue weighted by Gasteiger charge is 1.83. The zero-order valence-electron chi connectivity index (χ0n) is 5.55. The van der Waals surface area contributed by atoms with Crippen molar-refractivity contribution in [3.05, 3.63) is 36.8 Å². The lowest BCUT2D eigenvalue weighted by molar-refractivity contribution is 0.308. The van der Waals surface area contributed by atoms with Crippen molar-refractivity contribution in [3.8, 4) is 0 Å². The lowest BCUT2D eigenvalue weighted by Gasteiger charge is -1.96. The molecule has 2 N–H and O–H groups in total. The smallest absolute Gasteiger partial charge is 0.113 e. The maximum Gasteiger partial charge on any atom is 0.113 e. The molecule has 2 nitrogen and oxygen atoms in total. The van der Waals surface area contributed by atoms with Crippen molar-refractivity contribution in [1.82, 2.24) is 0 Å². The van der Waals surface area contributed by atoms with Gasteiger partial charge >= 0.3 is 0 Å². The standard InChI is InChI=1S/C7H11NO/c1-4-7(8)5-6(2)9-3/h4-5H,1-2,8H2,3H3/b7-5+. The van der Waals surface area contributed by atoms with Crippen molar-refractivity contribution >= 4 is 0 Å². The molecule has 0 aliphatic rings. The summed E-state index contributed by atoms with van der Waals surface area (Å²) >= 11 is 0. The van der Waals surface area contributed by atoms with Gasteiger partial charge in [0.2, 0.25) is 0 Å². The minimum absolute atomic E-state index is 0.535. The van der Waals surface area contributed by atoms with Crippen LogP contribution in [0.4, 0.5) is 0 Å². The first-order valence-corrected chi connectivity index (χ1v) is 2.53. The van der Waals surface area contributed by atoms with Gasteiger partial charge in [-0.2, -0.15) is 0 Å². The lowest BCUT2D eigenvalue weighted by Crippen LogP contribution is -1.93. The molecule has 0 aliphatic heterocycles. The van der Waals surface area contributed by atoms with E-state index in [1.54, 1.807) is 6.08 Å². The summed E-state index contributed by atoms with van der Waals surface area (Å²) in [6.07, 6.45) is 3.14. The molecule has 0 saturated carbocycles. The number of hydrogen-bond acceptors (Lipinski definition) is 2. The largest absolute Gasteiger partial charge is 0.497 e. The van der Waals surface area contributed by atoms with E-state index in [-0.39, 0.29) is 0 Å². The van der Waals surface area contributed by atoms with Crippen LogP contribution < -0.4 is 5.73 Å². The summed E-state index contributed by atoms with van der Waals surface area (Å²) in [7, 11) is 1.54. The Balaban J connectivity index is 3.94. The topological polar surface area (TPSA) is 35.2 Å². The van der Waals surface area contributed by atoms with Crippen LogP contribution in [0.1, 0.15) is 0 Å². The van der Waals surface area contributed by atoms with E-state index in [4.69, 9.17) is 10.5 Å². The Bertz CT molecular complexity index is 147. The molecule has 0 bridgehead atoms. The summed E-state index contributed by atoms with van der Waals surface area (Å²) in [6.45, 7) is 6.99. The Labute approximate surface area is 55.3 Å². The molecular weight excluding hydrogens is 114 g/mol. The highest BCUT2D eigenvalue weighted by molar-refractivity contribution is 5.20.